The smallest absolute Gasteiger partial charge is 0.312 e. The molecular formula is C10H13NO3S. The maximum absolute atomic E-state index is 11.3. The Labute approximate surface area is 89.5 Å². The van der Waals surface area contributed by atoms with Crippen LogP contribution >= 0.6 is 0 Å². The summed E-state index contributed by atoms with van der Waals surface area (Å²) in [6.07, 6.45) is 1.28. The second-order valence-corrected chi connectivity index (χ2v) is 4.52. The molecule has 1 rings (SSSR count). The first-order chi connectivity index (χ1) is 7.09. The molecule has 82 valence electrons. The molecule has 0 amide bonds. The second kappa shape index (κ2) is 4.95. The Morgan fingerprint density at radius 2 is 2.07 bits per heavy atom. The number of para-hydroxylation sites is 1. The van der Waals surface area contributed by atoms with Gasteiger partial charge in [0.1, 0.15) is 11.5 Å². The molecule has 1 aromatic rings. The van der Waals surface area contributed by atoms with Crippen molar-refractivity contribution in [1.82, 2.24) is 0 Å². The highest BCUT2D eigenvalue weighted by atomic mass is 32.2. The van der Waals surface area contributed by atoms with Crippen molar-refractivity contribution in [1.29, 1.82) is 0 Å². The molecule has 0 atom stereocenters. The van der Waals surface area contributed by atoms with Crippen molar-refractivity contribution >= 4 is 10.1 Å². The van der Waals surface area contributed by atoms with Crippen LogP contribution in [0.1, 0.15) is 5.56 Å². The lowest BCUT2D eigenvalue weighted by Gasteiger charge is -2.08. The van der Waals surface area contributed by atoms with Gasteiger partial charge >= 0.3 is 10.1 Å². The van der Waals surface area contributed by atoms with Gasteiger partial charge in [-0.15, -0.1) is 6.58 Å². The summed E-state index contributed by atoms with van der Waals surface area (Å²) in [4.78, 5) is 0. The van der Waals surface area contributed by atoms with Gasteiger partial charge in [-0.2, -0.15) is 8.42 Å². The van der Waals surface area contributed by atoms with E-state index in [1.807, 2.05) is 0 Å². The molecule has 0 fully saturated rings. The van der Waals surface area contributed by atoms with Crippen LogP contribution in [-0.2, 0) is 16.7 Å². The van der Waals surface area contributed by atoms with E-state index in [9.17, 15) is 8.42 Å². The van der Waals surface area contributed by atoms with E-state index >= 15 is 0 Å². The van der Waals surface area contributed by atoms with Gasteiger partial charge in [0.05, 0.1) is 0 Å². The van der Waals surface area contributed by atoms with Gasteiger partial charge in [0.2, 0.25) is 0 Å². The molecule has 5 heteroatoms. The van der Waals surface area contributed by atoms with Crippen molar-refractivity contribution in [3.63, 3.8) is 0 Å². The van der Waals surface area contributed by atoms with Crippen LogP contribution in [0.5, 0.6) is 5.75 Å². The molecule has 0 aliphatic carbocycles. The summed E-state index contributed by atoms with van der Waals surface area (Å²) in [6.45, 7) is 3.58. The molecule has 0 unspecified atom stereocenters. The van der Waals surface area contributed by atoms with Crippen molar-refractivity contribution in [3.8, 4) is 5.75 Å². The molecule has 2 N–H and O–H groups in total. The number of hydrogen-bond acceptors (Lipinski definition) is 4. The van der Waals surface area contributed by atoms with Crippen LogP contribution in [0.4, 0.5) is 0 Å². The zero-order valence-corrected chi connectivity index (χ0v) is 9.03. The summed E-state index contributed by atoms with van der Waals surface area (Å²) in [6, 6.07) is 6.76. The Hall–Kier alpha value is -1.33. The van der Waals surface area contributed by atoms with Crippen LogP contribution in [0.2, 0.25) is 0 Å². The minimum atomic E-state index is -3.59. The van der Waals surface area contributed by atoms with Crippen molar-refractivity contribution in [2.75, 3.05) is 5.75 Å². The topological polar surface area (TPSA) is 69.4 Å². The number of rotatable bonds is 5. The summed E-state index contributed by atoms with van der Waals surface area (Å²) in [7, 11) is -3.59. The van der Waals surface area contributed by atoms with E-state index in [2.05, 4.69) is 6.58 Å². The summed E-state index contributed by atoms with van der Waals surface area (Å²) >= 11 is 0. The molecule has 0 saturated carbocycles. The highest BCUT2D eigenvalue weighted by Crippen LogP contribution is 2.19. The maximum atomic E-state index is 11.3. The minimum Gasteiger partial charge on any atom is -0.382 e. The Balaban J connectivity index is 2.94. The highest BCUT2D eigenvalue weighted by Gasteiger charge is 2.12. The van der Waals surface area contributed by atoms with Crippen LogP contribution in [0, 0.1) is 0 Å². The number of hydrogen-bond donors (Lipinski definition) is 1. The van der Waals surface area contributed by atoms with Crippen molar-refractivity contribution < 1.29 is 12.6 Å². The third kappa shape index (κ3) is 3.38. The van der Waals surface area contributed by atoms with Gasteiger partial charge in [0, 0.05) is 12.1 Å². The molecule has 0 bridgehead atoms. The third-order valence-corrected chi connectivity index (χ3v) is 2.81. The van der Waals surface area contributed by atoms with Gasteiger partial charge in [-0.25, -0.2) is 0 Å². The number of benzene rings is 1. The van der Waals surface area contributed by atoms with Crippen LogP contribution in [0.15, 0.2) is 36.9 Å². The van der Waals surface area contributed by atoms with Gasteiger partial charge in [-0.1, -0.05) is 24.3 Å². The first-order valence-electron chi connectivity index (χ1n) is 4.40. The van der Waals surface area contributed by atoms with E-state index in [1.165, 1.54) is 6.08 Å². The molecule has 0 heterocycles. The zero-order valence-electron chi connectivity index (χ0n) is 8.22. The molecule has 0 aliphatic heterocycles. The molecule has 0 aliphatic rings. The van der Waals surface area contributed by atoms with Gasteiger partial charge in [-0.05, 0) is 6.07 Å². The predicted molar refractivity (Wildman–Crippen MR) is 58.9 cm³/mol. The standard InChI is InChI=1S/C10H13NO3S/c1-2-7-15(12,13)14-10-6-4-3-5-9(10)8-11/h2-6H,1,7-8,11H2. The lowest BCUT2D eigenvalue weighted by atomic mass is 10.2. The van der Waals surface area contributed by atoms with E-state index in [1.54, 1.807) is 24.3 Å². The molecule has 15 heavy (non-hydrogen) atoms. The number of nitrogens with two attached hydrogens (primary N) is 1. The summed E-state index contributed by atoms with van der Waals surface area (Å²) in [5, 5.41) is 0. The first-order valence-corrected chi connectivity index (χ1v) is 5.98. The molecule has 0 radical (unpaired) electrons. The van der Waals surface area contributed by atoms with E-state index in [0.717, 1.165) is 0 Å². The fourth-order valence-corrected chi connectivity index (χ4v) is 1.86. The van der Waals surface area contributed by atoms with Crippen molar-refractivity contribution in [2.45, 2.75) is 6.54 Å². The first kappa shape index (κ1) is 11.7. The van der Waals surface area contributed by atoms with Crippen LogP contribution in [0.3, 0.4) is 0 Å². The van der Waals surface area contributed by atoms with Crippen LogP contribution in [-0.4, -0.2) is 14.2 Å². The summed E-state index contributed by atoms with van der Waals surface area (Å²) in [5.74, 6) is 0.0631. The Kier molecular flexibility index (Phi) is 3.88. The highest BCUT2D eigenvalue weighted by molar-refractivity contribution is 7.87. The van der Waals surface area contributed by atoms with E-state index in [4.69, 9.17) is 9.92 Å². The predicted octanol–water partition coefficient (Wildman–Crippen LogP) is 1.04. The van der Waals surface area contributed by atoms with E-state index in [-0.39, 0.29) is 18.0 Å². The minimum absolute atomic E-state index is 0.216. The van der Waals surface area contributed by atoms with Gasteiger partial charge in [-0.3, -0.25) is 0 Å². The average molecular weight is 227 g/mol. The second-order valence-electron chi connectivity index (χ2n) is 2.91. The maximum Gasteiger partial charge on any atom is 0.312 e. The Morgan fingerprint density at radius 1 is 1.40 bits per heavy atom. The average Bonchev–Trinajstić information content (AvgIpc) is 2.17. The lowest BCUT2D eigenvalue weighted by Crippen LogP contribution is -2.13. The summed E-state index contributed by atoms with van der Waals surface area (Å²) < 4.78 is 27.6. The lowest BCUT2D eigenvalue weighted by molar-refractivity contribution is 0.486. The largest absolute Gasteiger partial charge is 0.382 e. The van der Waals surface area contributed by atoms with Gasteiger partial charge < -0.3 is 9.92 Å². The van der Waals surface area contributed by atoms with Gasteiger partial charge in [0.15, 0.2) is 0 Å². The Bertz CT molecular complexity index is 440. The molecule has 0 saturated heterocycles. The van der Waals surface area contributed by atoms with Gasteiger partial charge in [0.25, 0.3) is 0 Å². The molecule has 0 spiro atoms. The fourth-order valence-electron chi connectivity index (χ4n) is 1.07. The van der Waals surface area contributed by atoms with E-state index < -0.39 is 10.1 Å². The molecule has 1 aromatic carbocycles. The quantitative estimate of drug-likeness (QED) is 0.602. The van der Waals surface area contributed by atoms with Crippen molar-refractivity contribution in [3.05, 3.63) is 42.5 Å². The molecule has 4 nitrogen and oxygen atoms in total. The SMILES string of the molecule is C=CCS(=O)(=O)Oc1ccccc1CN. The monoisotopic (exact) mass is 227 g/mol. The van der Waals surface area contributed by atoms with Crippen LogP contribution < -0.4 is 9.92 Å². The summed E-state index contributed by atoms with van der Waals surface area (Å²) in [5.41, 5.74) is 6.11. The van der Waals surface area contributed by atoms with Crippen molar-refractivity contribution in [2.24, 2.45) is 5.73 Å². The molecular weight excluding hydrogens is 214 g/mol. The van der Waals surface area contributed by atoms with Crippen LogP contribution in [0.25, 0.3) is 0 Å². The molecule has 0 aromatic heterocycles. The van der Waals surface area contributed by atoms with E-state index in [0.29, 0.717) is 5.56 Å². The zero-order chi connectivity index (χ0) is 11.3. The fraction of sp³-hybridized carbons (Fsp3) is 0.200. The third-order valence-electron chi connectivity index (χ3n) is 1.73. The Morgan fingerprint density at radius 3 is 2.67 bits per heavy atom. The normalized spacial score (nSPS) is 11.0.